The molecule has 0 radical (unpaired) electrons. The maximum Gasteiger partial charge on any atom is 0.264 e. The molecule has 0 aliphatic carbocycles. The van der Waals surface area contributed by atoms with Gasteiger partial charge in [-0.2, -0.15) is 0 Å². The molecule has 39 heavy (non-hydrogen) atoms. The predicted molar refractivity (Wildman–Crippen MR) is 159 cm³/mol. The summed E-state index contributed by atoms with van der Waals surface area (Å²) in [7, 11) is -4.08. The average Bonchev–Trinajstić information content (AvgIpc) is 2.94. The molecule has 0 aromatic heterocycles. The molecule has 0 unspecified atom stereocenters. The Balaban J connectivity index is 2.01. The zero-order chi connectivity index (χ0) is 28.6. The van der Waals surface area contributed by atoms with Crippen LogP contribution in [0.3, 0.4) is 0 Å². The Kier molecular flexibility index (Phi) is 10.7. The summed E-state index contributed by atoms with van der Waals surface area (Å²) in [5.41, 5.74) is 2.25. The molecule has 0 aliphatic rings. The molecule has 0 saturated heterocycles. The molecule has 0 bridgehead atoms. The van der Waals surface area contributed by atoms with Gasteiger partial charge in [0.25, 0.3) is 10.0 Å². The van der Waals surface area contributed by atoms with E-state index < -0.39 is 28.5 Å². The van der Waals surface area contributed by atoms with Gasteiger partial charge in [-0.05, 0) is 66.8 Å². The van der Waals surface area contributed by atoms with Crippen LogP contribution in [0.1, 0.15) is 51.2 Å². The van der Waals surface area contributed by atoms with E-state index in [1.807, 2.05) is 43.3 Å². The summed E-state index contributed by atoms with van der Waals surface area (Å²) >= 11 is 3.42. The monoisotopic (exact) mass is 613 g/mol. The van der Waals surface area contributed by atoms with Gasteiger partial charge in [0.2, 0.25) is 11.8 Å². The number of hydrogen-bond donors (Lipinski definition) is 1. The van der Waals surface area contributed by atoms with Crippen LogP contribution < -0.4 is 9.62 Å². The number of carbonyl (C=O) groups excluding carboxylic acids is 2. The summed E-state index contributed by atoms with van der Waals surface area (Å²) in [6.07, 6.45) is 0.759. The Hall–Kier alpha value is -3.17. The van der Waals surface area contributed by atoms with Crippen molar-refractivity contribution in [1.29, 1.82) is 0 Å². The summed E-state index contributed by atoms with van der Waals surface area (Å²) in [6, 6.07) is 21.9. The minimum absolute atomic E-state index is 0.0823. The van der Waals surface area contributed by atoms with Gasteiger partial charge >= 0.3 is 0 Å². The summed E-state index contributed by atoms with van der Waals surface area (Å²) in [4.78, 5) is 28.3. The topological polar surface area (TPSA) is 86.8 Å². The fraction of sp³-hybridized carbons (Fsp3) is 0.333. The van der Waals surface area contributed by atoms with Crippen LogP contribution in [0.2, 0.25) is 0 Å². The highest BCUT2D eigenvalue weighted by Gasteiger charge is 2.32. The van der Waals surface area contributed by atoms with Crippen molar-refractivity contribution >= 4 is 43.5 Å². The smallest absolute Gasteiger partial charge is 0.264 e. The number of rotatable bonds is 12. The number of sulfonamides is 1. The van der Waals surface area contributed by atoms with Crippen molar-refractivity contribution < 1.29 is 18.0 Å². The highest BCUT2D eigenvalue weighted by atomic mass is 79.9. The molecule has 3 rings (SSSR count). The molecular weight excluding hydrogens is 578 g/mol. The van der Waals surface area contributed by atoms with Crippen LogP contribution in [0.5, 0.6) is 0 Å². The van der Waals surface area contributed by atoms with Crippen LogP contribution >= 0.6 is 15.9 Å². The summed E-state index contributed by atoms with van der Waals surface area (Å²) in [5, 5.41) is 2.85. The van der Waals surface area contributed by atoms with Crippen LogP contribution in [0.15, 0.2) is 88.2 Å². The fourth-order valence-electron chi connectivity index (χ4n) is 4.04. The summed E-state index contributed by atoms with van der Waals surface area (Å²) in [6.45, 7) is 7.91. The maximum atomic E-state index is 13.9. The Morgan fingerprint density at radius 3 is 2.08 bits per heavy atom. The van der Waals surface area contributed by atoms with Gasteiger partial charge in [-0.25, -0.2) is 8.42 Å². The quantitative estimate of drug-likeness (QED) is 0.283. The first kappa shape index (κ1) is 30.4. The van der Waals surface area contributed by atoms with E-state index >= 15 is 0 Å². The number of hydrogen-bond acceptors (Lipinski definition) is 4. The molecule has 0 fully saturated rings. The Bertz CT molecular complexity index is 1350. The van der Waals surface area contributed by atoms with Crippen LogP contribution in [0.25, 0.3) is 0 Å². The highest BCUT2D eigenvalue weighted by molar-refractivity contribution is 9.10. The number of benzene rings is 3. The van der Waals surface area contributed by atoms with Gasteiger partial charge in [-0.1, -0.05) is 79.2 Å². The van der Waals surface area contributed by atoms with Crippen molar-refractivity contribution in [2.45, 2.75) is 57.5 Å². The molecule has 0 spiro atoms. The van der Waals surface area contributed by atoms with Crippen molar-refractivity contribution in [2.24, 2.45) is 0 Å². The molecule has 9 heteroatoms. The molecule has 3 aromatic rings. The third-order valence-electron chi connectivity index (χ3n) is 6.44. The molecule has 2 amide bonds. The summed E-state index contributed by atoms with van der Waals surface area (Å²) < 4.78 is 29.7. The highest BCUT2D eigenvalue weighted by Crippen LogP contribution is 2.26. The molecule has 0 aliphatic heterocycles. The molecule has 7 nitrogen and oxygen atoms in total. The fourth-order valence-corrected chi connectivity index (χ4v) is 5.74. The predicted octanol–water partition coefficient (Wildman–Crippen LogP) is 5.71. The zero-order valence-corrected chi connectivity index (χ0v) is 25.2. The lowest BCUT2D eigenvalue weighted by molar-refractivity contribution is -0.139. The standard InChI is InChI=1S/C30H36BrN3O4S/c1-5-19-32-30(36)23(4)33(20-24-11-15-26(31)16-12-24)29(35)21-34(27-17-13-25(14-18-27)22(2)3)39(37,38)28-9-7-6-8-10-28/h6-18,22-23H,5,19-21H2,1-4H3,(H,32,36)/t23-/m0/s1. The van der Waals surface area contributed by atoms with Gasteiger partial charge < -0.3 is 10.2 Å². The van der Waals surface area contributed by atoms with E-state index in [1.165, 1.54) is 17.0 Å². The van der Waals surface area contributed by atoms with Crippen LogP contribution in [-0.2, 0) is 26.2 Å². The van der Waals surface area contributed by atoms with E-state index in [1.54, 1.807) is 37.3 Å². The number of carbonyl (C=O) groups is 2. The Morgan fingerprint density at radius 2 is 1.51 bits per heavy atom. The second-order valence-electron chi connectivity index (χ2n) is 9.69. The molecule has 0 heterocycles. The molecule has 1 N–H and O–H groups in total. The van der Waals surface area contributed by atoms with Gasteiger partial charge in [-0.15, -0.1) is 0 Å². The van der Waals surface area contributed by atoms with E-state index in [0.29, 0.717) is 12.2 Å². The second kappa shape index (κ2) is 13.8. The van der Waals surface area contributed by atoms with E-state index in [-0.39, 0.29) is 23.3 Å². The third kappa shape index (κ3) is 7.92. The number of anilines is 1. The molecule has 3 aromatic carbocycles. The Morgan fingerprint density at radius 1 is 0.897 bits per heavy atom. The SMILES string of the molecule is CCCNC(=O)[C@H](C)N(Cc1ccc(Br)cc1)C(=O)CN(c1ccc(C(C)C)cc1)S(=O)(=O)c1ccccc1. The van der Waals surface area contributed by atoms with Gasteiger partial charge in [0.1, 0.15) is 12.6 Å². The number of halogens is 1. The normalized spacial score (nSPS) is 12.2. The van der Waals surface area contributed by atoms with Crippen LogP contribution in [0, 0.1) is 0 Å². The molecular formula is C30H36BrN3O4S. The molecule has 208 valence electrons. The number of nitrogens with one attached hydrogen (secondary N) is 1. The van der Waals surface area contributed by atoms with E-state index in [2.05, 4.69) is 35.1 Å². The van der Waals surface area contributed by atoms with Gasteiger partial charge in [0, 0.05) is 17.6 Å². The lowest BCUT2D eigenvalue weighted by Gasteiger charge is -2.32. The van der Waals surface area contributed by atoms with E-state index in [4.69, 9.17) is 0 Å². The summed E-state index contributed by atoms with van der Waals surface area (Å²) in [5.74, 6) is -0.505. The Labute approximate surface area is 240 Å². The minimum atomic E-state index is -4.08. The lowest BCUT2D eigenvalue weighted by atomic mass is 10.0. The lowest BCUT2D eigenvalue weighted by Crippen LogP contribution is -2.51. The van der Waals surface area contributed by atoms with Crippen molar-refractivity contribution in [3.63, 3.8) is 0 Å². The van der Waals surface area contributed by atoms with Gasteiger partial charge in [-0.3, -0.25) is 13.9 Å². The zero-order valence-electron chi connectivity index (χ0n) is 22.8. The van der Waals surface area contributed by atoms with Crippen molar-refractivity contribution in [2.75, 3.05) is 17.4 Å². The maximum absolute atomic E-state index is 13.9. The van der Waals surface area contributed by atoms with Crippen molar-refractivity contribution in [1.82, 2.24) is 10.2 Å². The largest absolute Gasteiger partial charge is 0.354 e. The number of nitrogens with zero attached hydrogens (tertiary/aromatic N) is 2. The van der Waals surface area contributed by atoms with E-state index in [0.717, 1.165) is 26.3 Å². The third-order valence-corrected chi connectivity index (χ3v) is 8.76. The van der Waals surface area contributed by atoms with Crippen molar-refractivity contribution in [3.05, 3.63) is 94.5 Å². The first-order valence-electron chi connectivity index (χ1n) is 13.0. The second-order valence-corrected chi connectivity index (χ2v) is 12.5. The first-order valence-corrected chi connectivity index (χ1v) is 15.3. The molecule has 0 saturated carbocycles. The van der Waals surface area contributed by atoms with Gasteiger partial charge in [0.15, 0.2) is 0 Å². The van der Waals surface area contributed by atoms with E-state index in [9.17, 15) is 18.0 Å². The minimum Gasteiger partial charge on any atom is -0.354 e. The molecule has 1 atom stereocenters. The number of amides is 2. The van der Waals surface area contributed by atoms with Crippen molar-refractivity contribution in [3.8, 4) is 0 Å². The average molecular weight is 615 g/mol. The van der Waals surface area contributed by atoms with Crippen LogP contribution in [0.4, 0.5) is 5.69 Å². The van der Waals surface area contributed by atoms with Gasteiger partial charge in [0.05, 0.1) is 10.6 Å². The first-order chi connectivity index (χ1) is 18.5. The van der Waals surface area contributed by atoms with Crippen LogP contribution in [-0.4, -0.2) is 44.3 Å².